The van der Waals surface area contributed by atoms with E-state index in [0.29, 0.717) is 27.7 Å². The third kappa shape index (κ3) is 6.11. The molecule has 0 radical (unpaired) electrons. The number of rotatable bonds is 11. The van der Waals surface area contributed by atoms with Crippen molar-refractivity contribution in [3.63, 3.8) is 0 Å². The number of thiocarbonyl (C=S) groups is 1. The molecule has 31 heavy (non-hydrogen) atoms. The lowest BCUT2D eigenvalue weighted by molar-refractivity contribution is -0.138. The topological polar surface area (TPSA) is 123 Å². The van der Waals surface area contributed by atoms with E-state index in [4.69, 9.17) is 31.5 Å². The molecule has 0 bridgehead atoms. The minimum absolute atomic E-state index is 0.119. The van der Waals surface area contributed by atoms with Crippen molar-refractivity contribution in [1.29, 1.82) is 0 Å². The largest absolute Gasteiger partial charge is 0.493 e. The van der Waals surface area contributed by atoms with E-state index in [1.807, 2.05) is 0 Å². The van der Waals surface area contributed by atoms with Crippen LogP contribution in [-0.4, -0.2) is 64.7 Å². The Balaban J connectivity index is 2.33. The van der Waals surface area contributed by atoms with Crippen molar-refractivity contribution in [1.82, 2.24) is 4.90 Å². The van der Waals surface area contributed by atoms with Crippen LogP contribution in [0.2, 0.25) is 0 Å². The number of carboxylic acid groups (broad SMARTS) is 2. The summed E-state index contributed by atoms with van der Waals surface area (Å²) in [5.74, 6) is -1.26. The van der Waals surface area contributed by atoms with E-state index in [0.717, 1.165) is 11.8 Å². The summed E-state index contributed by atoms with van der Waals surface area (Å²) in [6.45, 7) is 0. The molecule has 1 unspecified atom stereocenters. The predicted octanol–water partition coefficient (Wildman–Crippen LogP) is 3.01. The van der Waals surface area contributed by atoms with Gasteiger partial charge in [0.25, 0.3) is 5.91 Å². The number of ether oxygens (including phenoxy) is 3. The van der Waals surface area contributed by atoms with Crippen LogP contribution in [-0.2, 0) is 14.4 Å². The van der Waals surface area contributed by atoms with Crippen molar-refractivity contribution < 1.29 is 38.8 Å². The van der Waals surface area contributed by atoms with Crippen molar-refractivity contribution >= 4 is 52.2 Å². The van der Waals surface area contributed by atoms with Gasteiger partial charge in [0.05, 0.1) is 32.7 Å². The molecule has 0 aliphatic carbocycles. The third-order valence-electron chi connectivity index (χ3n) is 4.51. The van der Waals surface area contributed by atoms with Crippen LogP contribution in [0.4, 0.5) is 0 Å². The van der Waals surface area contributed by atoms with Crippen molar-refractivity contribution in [3.8, 4) is 17.2 Å². The van der Waals surface area contributed by atoms with Gasteiger partial charge in [0, 0.05) is 12.5 Å². The van der Waals surface area contributed by atoms with Gasteiger partial charge in [0.2, 0.25) is 5.75 Å². The Morgan fingerprint density at radius 1 is 1.13 bits per heavy atom. The highest BCUT2D eigenvalue weighted by Gasteiger charge is 2.38. The van der Waals surface area contributed by atoms with Crippen molar-refractivity contribution in [2.45, 2.75) is 31.7 Å². The number of methoxy groups -OCH3 is 3. The van der Waals surface area contributed by atoms with Gasteiger partial charge in [-0.2, -0.15) is 0 Å². The molecule has 9 nitrogen and oxygen atoms in total. The highest BCUT2D eigenvalue weighted by atomic mass is 32.2. The maximum Gasteiger partial charge on any atom is 0.305 e. The molecule has 0 saturated carbocycles. The maximum absolute atomic E-state index is 13.0. The van der Waals surface area contributed by atoms with Crippen LogP contribution < -0.4 is 14.2 Å². The van der Waals surface area contributed by atoms with Crippen LogP contribution in [0.3, 0.4) is 0 Å². The number of hydrogen-bond donors (Lipinski definition) is 2. The highest BCUT2D eigenvalue weighted by Crippen LogP contribution is 2.41. The second-order valence-electron chi connectivity index (χ2n) is 6.55. The second kappa shape index (κ2) is 11.0. The number of benzene rings is 1. The fourth-order valence-corrected chi connectivity index (χ4v) is 4.54. The van der Waals surface area contributed by atoms with Crippen LogP contribution in [0.5, 0.6) is 17.2 Å². The van der Waals surface area contributed by atoms with E-state index < -0.39 is 23.9 Å². The zero-order chi connectivity index (χ0) is 23.1. The lowest BCUT2D eigenvalue weighted by Crippen LogP contribution is -2.40. The summed E-state index contributed by atoms with van der Waals surface area (Å²) in [6, 6.07) is 2.63. The Kier molecular flexibility index (Phi) is 8.69. The molecule has 1 fully saturated rings. The van der Waals surface area contributed by atoms with Gasteiger partial charge in [-0.05, 0) is 36.6 Å². The van der Waals surface area contributed by atoms with Crippen LogP contribution in [0.1, 0.15) is 31.2 Å². The summed E-state index contributed by atoms with van der Waals surface area (Å²) in [5.41, 5.74) is 0.607. The molecule has 0 spiro atoms. The highest BCUT2D eigenvalue weighted by molar-refractivity contribution is 8.26. The van der Waals surface area contributed by atoms with Gasteiger partial charge in [-0.15, -0.1) is 0 Å². The van der Waals surface area contributed by atoms with Crippen molar-refractivity contribution in [3.05, 3.63) is 22.6 Å². The molecular weight excluding hydrogens is 446 g/mol. The molecule has 168 valence electrons. The fourth-order valence-electron chi connectivity index (χ4n) is 3.14. The molecule has 1 saturated heterocycles. The first-order chi connectivity index (χ1) is 14.7. The molecule has 0 aromatic heterocycles. The van der Waals surface area contributed by atoms with E-state index in [1.165, 1.54) is 26.2 Å². The van der Waals surface area contributed by atoms with Crippen LogP contribution in [0.25, 0.3) is 6.08 Å². The Bertz CT molecular complexity index is 889. The van der Waals surface area contributed by atoms with Gasteiger partial charge >= 0.3 is 11.9 Å². The van der Waals surface area contributed by atoms with Gasteiger partial charge in [-0.1, -0.05) is 24.0 Å². The van der Waals surface area contributed by atoms with E-state index in [9.17, 15) is 19.5 Å². The molecule has 1 aliphatic heterocycles. The molecule has 2 N–H and O–H groups in total. The molecule has 1 aromatic carbocycles. The number of hydrogen-bond acceptors (Lipinski definition) is 8. The second-order valence-corrected chi connectivity index (χ2v) is 8.22. The molecule has 1 amide bonds. The van der Waals surface area contributed by atoms with Crippen molar-refractivity contribution in [2.75, 3.05) is 21.3 Å². The fraction of sp³-hybridized carbons (Fsp3) is 0.400. The standard InChI is InChI=1S/C20H23NO8S2/c1-27-13-7-11(8-14(28-2)18(13)29-3)9-15-19(26)21(20(30)31-15)12(10-17(24)25)5-4-6-16(22)23/h7-9,12H,4-6,10H2,1-3H3,(H,22,23)(H,24,25). The number of thioether (sulfide) groups is 1. The van der Waals surface area contributed by atoms with Crippen LogP contribution in [0.15, 0.2) is 17.0 Å². The molecule has 1 aromatic rings. The van der Waals surface area contributed by atoms with Gasteiger partial charge in [-0.25, -0.2) is 0 Å². The lowest BCUT2D eigenvalue weighted by atomic mass is 10.0. The lowest BCUT2D eigenvalue weighted by Gasteiger charge is -2.25. The van der Waals surface area contributed by atoms with Crippen LogP contribution in [0, 0.1) is 0 Å². The summed E-state index contributed by atoms with van der Waals surface area (Å²) >= 11 is 6.38. The average molecular weight is 470 g/mol. The Morgan fingerprint density at radius 3 is 2.23 bits per heavy atom. The summed E-state index contributed by atoms with van der Waals surface area (Å²) in [4.78, 5) is 36.7. The normalized spacial score (nSPS) is 15.8. The monoisotopic (exact) mass is 469 g/mol. The van der Waals surface area contributed by atoms with Gasteiger partial charge in [0.15, 0.2) is 11.5 Å². The Morgan fingerprint density at radius 2 is 1.74 bits per heavy atom. The van der Waals surface area contributed by atoms with Gasteiger partial charge in [-0.3, -0.25) is 19.3 Å². The number of carbonyl (C=O) groups excluding carboxylic acids is 1. The van der Waals surface area contributed by atoms with E-state index in [2.05, 4.69) is 0 Å². The molecule has 1 atom stereocenters. The Labute approximate surface area is 189 Å². The smallest absolute Gasteiger partial charge is 0.305 e. The first kappa shape index (κ1) is 24.5. The van der Waals surface area contributed by atoms with E-state index in [-0.39, 0.29) is 30.0 Å². The van der Waals surface area contributed by atoms with E-state index >= 15 is 0 Å². The van der Waals surface area contributed by atoms with E-state index in [1.54, 1.807) is 18.2 Å². The van der Waals surface area contributed by atoms with Crippen molar-refractivity contribution in [2.24, 2.45) is 0 Å². The number of aliphatic carboxylic acids is 2. The molecular formula is C20H23NO8S2. The Hall–Kier alpha value is -2.79. The zero-order valence-electron chi connectivity index (χ0n) is 17.2. The predicted molar refractivity (Wildman–Crippen MR) is 119 cm³/mol. The minimum Gasteiger partial charge on any atom is -0.493 e. The maximum atomic E-state index is 13.0. The summed E-state index contributed by atoms with van der Waals surface area (Å²) < 4.78 is 16.2. The molecule has 11 heteroatoms. The van der Waals surface area contributed by atoms with Gasteiger partial charge in [0.1, 0.15) is 4.32 Å². The molecule has 2 rings (SSSR count). The van der Waals surface area contributed by atoms with Gasteiger partial charge < -0.3 is 24.4 Å². The first-order valence-electron chi connectivity index (χ1n) is 9.22. The SMILES string of the molecule is COc1cc(C=C2SC(=S)N(C(CCCC(=O)O)CC(=O)O)C2=O)cc(OC)c1OC. The number of amides is 1. The molecule has 1 aliphatic rings. The molecule has 1 heterocycles. The summed E-state index contributed by atoms with van der Waals surface area (Å²) in [5, 5.41) is 18.1. The summed E-state index contributed by atoms with van der Waals surface area (Å²) in [6.07, 6.45) is 1.60. The average Bonchev–Trinajstić information content (AvgIpc) is 2.98. The first-order valence-corrected chi connectivity index (χ1v) is 10.4. The summed E-state index contributed by atoms with van der Waals surface area (Å²) in [7, 11) is 4.44. The van der Waals surface area contributed by atoms with Crippen LogP contribution >= 0.6 is 24.0 Å². The number of carboxylic acids is 2. The number of carbonyl (C=O) groups is 3. The quantitative estimate of drug-likeness (QED) is 0.369. The zero-order valence-corrected chi connectivity index (χ0v) is 18.9. The minimum atomic E-state index is -1.09. The number of nitrogens with zero attached hydrogens (tertiary/aromatic N) is 1. The third-order valence-corrected chi connectivity index (χ3v) is 5.84.